The summed E-state index contributed by atoms with van der Waals surface area (Å²) in [6.07, 6.45) is 0. The maximum Gasteiger partial charge on any atom is 0.160 e. The van der Waals surface area contributed by atoms with Crippen LogP contribution in [-0.2, 0) is 5.41 Å². The van der Waals surface area contributed by atoms with Gasteiger partial charge in [-0.3, -0.25) is 0 Å². The third kappa shape index (κ3) is 5.72. The molecule has 1 aliphatic rings. The van der Waals surface area contributed by atoms with Gasteiger partial charge in [-0.2, -0.15) is 0 Å². The molecule has 0 saturated heterocycles. The van der Waals surface area contributed by atoms with E-state index in [-0.39, 0.29) is 0 Å². The minimum Gasteiger partial charge on any atom is -0.228 e. The van der Waals surface area contributed by atoms with Crippen molar-refractivity contribution in [2.75, 3.05) is 0 Å². The highest BCUT2D eigenvalue weighted by Crippen LogP contribution is 2.59. The Morgan fingerprint density at radius 1 is 0.288 bits per heavy atom. The predicted octanol–water partition coefficient (Wildman–Crippen LogP) is 14.3. The number of hydrogen-bond donors (Lipinski definition) is 0. The van der Waals surface area contributed by atoms with E-state index in [1.807, 2.05) is 18.2 Å². The zero-order valence-electron chi connectivity index (χ0n) is 32.3. The van der Waals surface area contributed by atoms with Gasteiger partial charge in [0, 0.05) is 16.7 Å². The summed E-state index contributed by atoms with van der Waals surface area (Å²) >= 11 is 0. The summed E-state index contributed by atoms with van der Waals surface area (Å²) in [6.45, 7) is 0. The third-order valence-corrected chi connectivity index (χ3v) is 12.0. The fraction of sp³-hybridized carbons (Fsp3) is 0.0175. The summed E-state index contributed by atoms with van der Waals surface area (Å²) in [5.74, 6) is 0.700. The number of fused-ring (bicyclic) bond motifs is 4. The molecule has 0 bridgehead atoms. The van der Waals surface area contributed by atoms with E-state index in [4.69, 9.17) is 9.97 Å². The van der Waals surface area contributed by atoms with E-state index in [2.05, 4.69) is 212 Å². The largest absolute Gasteiger partial charge is 0.228 e. The molecule has 11 rings (SSSR count). The molecule has 2 heteroatoms. The maximum absolute atomic E-state index is 5.31. The molecule has 9 aromatic carbocycles. The van der Waals surface area contributed by atoms with Crippen molar-refractivity contribution in [3.8, 4) is 67.3 Å². The zero-order chi connectivity index (χ0) is 39.2. The van der Waals surface area contributed by atoms with Crippen molar-refractivity contribution >= 4 is 10.8 Å². The Balaban J connectivity index is 1.14. The maximum atomic E-state index is 5.31. The Kier molecular flexibility index (Phi) is 8.41. The number of aromatic nitrogens is 2. The third-order valence-electron chi connectivity index (χ3n) is 12.0. The normalized spacial score (nSPS) is 12.5. The van der Waals surface area contributed by atoms with Crippen molar-refractivity contribution in [3.63, 3.8) is 0 Å². The minimum atomic E-state index is -0.523. The highest BCUT2D eigenvalue weighted by Gasteiger charge is 2.47. The Hall–Kier alpha value is -7.68. The average molecular weight is 751 g/mol. The molecule has 1 heterocycles. The van der Waals surface area contributed by atoms with Crippen LogP contribution in [0.4, 0.5) is 0 Å². The van der Waals surface area contributed by atoms with Gasteiger partial charge in [-0.05, 0) is 78.5 Å². The van der Waals surface area contributed by atoms with E-state index in [0.29, 0.717) is 5.82 Å². The first-order valence-electron chi connectivity index (χ1n) is 20.2. The van der Waals surface area contributed by atoms with Crippen LogP contribution in [0.1, 0.15) is 22.3 Å². The number of hydrogen-bond acceptors (Lipinski definition) is 2. The van der Waals surface area contributed by atoms with Crippen LogP contribution in [0.3, 0.4) is 0 Å². The van der Waals surface area contributed by atoms with E-state index in [9.17, 15) is 0 Å². The summed E-state index contributed by atoms with van der Waals surface area (Å²) in [6, 6.07) is 83.0. The van der Waals surface area contributed by atoms with Gasteiger partial charge >= 0.3 is 0 Å². The van der Waals surface area contributed by atoms with Crippen LogP contribution in [0.25, 0.3) is 78.1 Å². The smallest absolute Gasteiger partial charge is 0.160 e. The molecule has 1 aliphatic carbocycles. The van der Waals surface area contributed by atoms with Crippen LogP contribution < -0.4 is 0 Å². The van der Waals surface area contributed by atoms with E-state index >= 15 is 0 Å². The van der Waals surface area contributed by atoms with Crippen LogP contribution in [-0.4, -0.2) is 9.97 Å². The van der Waals surface area contributed by atoms with Crippen molar-refractivity contribution < 1.29 is 0 Å². The van der Waals surface area contributed by atoms with Gasteiger partial charge in [0.25, 0.3) is 0 Å². The van der Waals surface area contributed by atoms with Crippen LogP contribution in [0.2, 0.25) is 0 Å². The molecule has 0 atom stereocenters. The summed E-state index contributed by atoms with van der Waals surface area (Å²) in [5.41, 5.74) is 16.7. The first-order valence-corrected chi connectivity index (χ1v) is 20.2. The lowest BCUT2D eigenvalue weighted by atomic mass is 9.66. The van der Waals surface area contributed by atoms with Crippen molar-refractivity contribution in [3.05, 3.63) is 253 Å². The van der Waals surface area contributed by atoms with E-state index < -0.39 is 5.41 Å². The van der Waals surface area contributed by atoms with Gasteiger partial charge in [0.2, 0.25) is 0 Å². The van der Waals surface area contributed by atoms with Gasteiger partial charge in [-0.15, -0.1) is 0 Å². The second-order valence-corrected chi connectivity index (χ2v) is 15.2. The van der Waals surface area contributed by atoms with E-state index in [1.54, 1.807) is 0 Å². The van der Waals surface area contributed by atoms with Crippen LogP contribution in [0.15, 0.2) is 231 Å². The SMILES string of the molecule is c1ccc(-c2cccc(-c3cc(-c4ccc(-c5cccc6c5C(c5ccccc5)(c5ccccc5)c5ccccc5-6)c5ccccc45)nc(-c4ccccc4)n3)c2)cc1. The van der Waals surface area contributed by atoms with Crippen molar-refractivity contribution in [1.82, 2.24) is 9.97 Å². The van der Waals surface area contributed by atoms with Gasteiger partial charge in [0.05, 0.1) is 16.8 Å². The highest BCUT2D eigenvalue weighted by molar-refractivity contribution is 6.07. The van der Waals surface area contributed by atoms with Crippen LogP contribution in [0.5, 0.6) is 0 Å². The second kappa shape index (κ2) is 14.4. The number of benzene rings is 9. The minimum absolute atomic E-state index is 0.523. The summed E-state index contributed by atoms with van der Waals surface area (Å²) in [5, 5.41) is 2.32. The Labute approximate surface area is 344 Å². The Morgan fingerprint density at radius 3 is 1.46 bits per heavy atom. The van der Waals surface area contributed by atoms with Gasteiger partial charge in [0.15, 0.2) is 5.82 Å². The van der Waals surface area contributed by atoms with Gasteiger partial charge in [-0.25, -0.2) is 9.97 Å². The summed E-state index contributed by atoms with van der Waals surface area (Å²) < 4.78 is 0. The fourth-order valence-corrected chi connectivity index (χ4v) is 9.42. The molecule has 276 valence electrons. The first-order chi connectivity index (χ1) is 29.3. The second-order valence-electron chi connectivity index (χ2n) is 15.2. The molecule has 2 nitrogen and oxygen atoms in total. The van der Waals surface area contributed by atoms with Crippen molar-refractivity contribution in [1.29, 1.82) is 0 Å². The Morgan fingerprint density at radius 2 is 0.763 bits per heavy atom. The van der Waals surface area contributed by atoms with Crippen molar-refractivity contribution in [2.24, 2.45) is 0 Å². The molecule has 10 aromatic rings. The molecule has 0 spiro atoms. The van der Waals surface area contributed by atoms with Gasteiger partial charge in [0.1, 0.15) is 0 Å². The molecule has 0 aliphatic heterocycles. The molecule has 59 heavy (non-hydrogen) atoms. The molecular weight excluding hydrogens is 713 g/mol. The standard InChI is InChI=1S/C57H38N2/c1-5-19-39(20-6-1)41-23-17-24-42(37-41)53-38-54(59-56(58-53)40-21-7-2-8-22-40)49-36-35-47(45-29-13-14-30-46(45)49)50-32-18-33-51-48-31-15-16-34-52(48)57(55(50)51,43-25-9-3-10-26-43)44-27-11-4-12-28-44/h1-38H. The summed E-state index contributed by atoms with van der Waals surface area (Å²) in [7, 11) is 0. The molecule has 0 unspecified atom stereocenters. The molecule has 0 fully saturated rings. The predicted molar refractivity (Wildman–Crippen MR) is 244 cm³/mol. The lowest BCUT2D eigenvalue weighted by Crippen LogP contribution is -2.29. The highest BCUT2D eigenvalue weighted by atomic mass is 14.9. The lowest BCUT2D eigenvalue weighted by molar-refractivity contribution is 0.770. The lowest BCUT2D eigenvalue weighted by Gasteiger charge is -2.35. The summed E-state index contributed by atoms with van der Waals surface area (Å²) in [4.78, 5) is 10.5. The monoisotopic (exact) mass is 750 g/mol. The van der Waals surface area contributed by atoms with Gasteiger partial charge < -0.3 is 0 Å². The van der Waals surface area contributed by atoms with E-state index in [1.165, 1.54) is 55.5 Å². The Bertz CT molecular complexity index is 3100. The van der Waals surface area contributed by atoms with Crippen LogP contribution >= 0.6 is 0 Å². The quantitative estimate of drug-likeness (QED) is 0.162. The topological polar surface area (TPSA) is 25.8 Å². The fourth-order valence-electron chi connectivity index (χ4n) is 9.42. The number of rotatable bonds is 7. The number of nitrogens with zero attached hydrogens (tertiary/aromatic N) is 2. The zero-order valence-corrected chi connectivity index (χ0v) is 32.3. The molecule has 0 N–H and O–H groups in total. The molecule has 1 aromatic heterocycles. The van der Waals surface area contributed by atoms with Crippen molar-refractivity contribution in [2.45, 2.75) is 5.41 Å². The molecule has 0 radical (unpaired) electrons. The van der Waals surface area contributed by atoms with Gasteiger partial charge in [-0.1, -0.05) is 218 Å². The molecule has 0 amide bonds. The van der Waals surface area contributed by atoms with E-state index in [0.717, 1.165) is 39.0 Å². The molecular formula is C57H38N2. The first kappa shape index (κ1) is 34.6. The molecule has 0 saturated carbocycles. The van der Waals surface area contributed by atoms with Crippen LogP contribution in [0, 0.1) is 0 Å². The average Bonchev–Trinajstić information content (AvgIpc) is 3.64.